The summed E-state index contributed by atoms with van der Waals surface area (Å²) in [6.45, 7) is 2.06. The fourth-order valence-electron chi connectivity index (χ4n) is 1.54. The molecule has 0 bridgehead atoms. The number of nitrogens with zero attached hydrogens (tertiary/aromatic N) is 3. The predicted octanol–water partition coefficient (Wildman–Crippen LogP) is 2.73. The first-order chi connectivity index (χ1) is 8.20. The van der Waals surface area contributed by atoms with Crippen molar-refractivity contribution in [3.05, 3.63) is 35.1 Å². The van der Waals surface area contributed by atoms with Gasteiger partial charge in [-0.2, -0.15) is 9.97 Å². The SMILES string of the molecule is CCCc1nc(N)nc(-c2ccccc2Cl)n1. The van der Waals surface area contributed by atoms with Crippen LogP contribution >= 0.6 is 11.6 Å². The summed E-state index contributed by atoms with van der Waals surface area (Å²) >= 11 is 6.10. The van der Waals surface area contributed by atoms with E-state index in [1.807, 2.05) is 18.2 Å². The van der Waals surface area contributed by atoms with Crippen LogP contribution in [0.3, 0.4) is 0 Å². The maximum Gasteiger partial charge on any atom is 0.223 e. The van der Waals surface area contributed by atoms with E-state index in [2.05, 4.69) is 21.9 Å². The van der Waals surface area contributed by atoms with Crippen molar-refractivity contribution >= 4 is 17.5 Å². The Hall–Kier alpha value is -1.68. The standard InChI is InChI=1S/C12H13ClN4/c1-2-5-10-15-11(17-12(14)16-10)8-6-3-4-7-9(8)13/h3-4,6-7H,2,5H2,1H3,(H2,14,15,16,17). The highest BCUT2D eigenvalue weighted by molar-refractivity contribution is 6.33. The van der Waals surface area contributed by atoms with Crippen LogP contribution in [-0.2, 0) is 6.42 Å². The van der Waals surface area contributed by atoms with Gasteiger partial charge in [0.15, 0.2) is 5.82 Å². The molecule has 88 valence electrons. The van der Waals surface area contributed by atoms with Crippen molar-refractivity contribution in [2.75, 3.05) is 5.73 Å². The normalized spacial score (nSPS) is 10.5. The van der Waals surface area contributed by atoms with E-state index < -0.39 is 0 Å². The van der Waals surface area contributed by atoms with Crippen LogP contribution in [0.25, 0.3) is 11.4 Å². The summed E-state index contributed by atoms with van der Waals surface area (Å²) in [5.41, 5.74) is 6.45. The van der Waals surface area contributed by atoms with Gasteiger partial charge in [-0.15, -0.1) is 0 Å². The van der Waals surface area contributed by atoms with Crippen molar-refractivity contribution < 1.29 is 0 Å². The lowest BCUT2D eigenvalue weighted by Crippen LogP contribution is -2.04. The van der Waals surface area contributed by atoms with Crippen LogP contribution in [0.5, 0.6) is 0 Å². The lowest BCUT2D eigenvalue weighted by Gasteiger charge is -2.05. The van der Waals surface area contributed by atoms with E-state index in [4.69, 9.17) is 17.3 Å². The van der Waals surface area contributed by atoms with Gasteiger partial charge in [-0.3, -0.25) is 0 Å². The van der Waals surface area contributed by atoms with Crippen molar-refractivity contribution in [2.24, 2.45) is 0 Å². The molecule has 0 aliphatic carbocycles. The van der Waals surface area contributed by atoms with E-state index in [-0.39, 0.29) is 5.95 Å². The largest absolute Gasteiger partial charge is 0.368 e. The zero-order chi connectivity index (χ0) is 12.3. The van der Waals surface area contributed by atoms with E-state index in [1.165, 1.54) is 0 Å². The summed E-state index contributed by atoms with van der Waals surface area (Å²) in [6.07, 6.45) is 1.75. The summed E-state index contributed by atoms with van der Waals surface area (Å²) < 4.78 is 0. The fourth-order valence-corrected chi connectivity index (χ4v) is 1.76. The number of aromatic nitrogens is 3. The summed E-state index contributed by atoms with van der Waals surface area (Å²) in [5.74, 6) is 1.47. The smallest absolute Gasteiger partial charge is 0.223 e. The molecular formula is C12H13ClN4. The van der Waals surface area contributed by atoms with E-state index in [1.54, 1.807) is 6.07 Å². The quantitative estimate of drug-likeness (QED) is 0.907. The fraction of sp³-hybridized carbons (Fsp3) is 0.250. The van der Waals surface area contributed by atoms with Gasteiger partial charge in [0.25, 0.3) is 0 Å². The van der Waals surface area contributed by atoms with Crippen LogP contribution in [0.2, 0.25) is 5.02 Å². The molecule has 0 saturated heterocycles. The van der Waals surface area contributed by atoms with Crippen molar-refractivity contribution in [2.45, 2.75) is 19.8 Å². The molecule has 0 saturated carbocycles. The first kappa shape index (κ1) is 11.8. The zero-order valence-corrected chi connectivity index (χ0v) is 10.3. The maximum atomic E-state index is 6.10. The van der Waals surface area contributed by atoms with Gasteiger partial charge < -0.3 is 5.73 Å². The lowest BCUT2D eigenvalue weighted by molar-refractivity contribution is 0.825. The van der Waals surface area contributed by atoms with Crippen LogP contribution in [0.4, 0.5) is 5.95 Å². The second-order valence-corrected chi connectivity index (χ2v) is 4.07. The van der Waals surface area contributed by atoms with Crippen molar-refractivity contribution in [1.29, 1.82) is 0 Å². The summed E-state index contributed by atoms with van der Waals surface area (Å²) in [5, 5.41) is 0.612. The third kappa shape index (κ3) is 2.71. The van der Waals surface area contributed by atoms with Crippen molar-refractivity contribution in [3.63, 3.8) is 0 Å². The molecule has 0 radical (unpaired) electrons. The van der Waals surface area contributed by atoms with E-state index in [0.29, 0.717) is 16.7 Å². The molecule has 0 aliphatic rings. The van der Waals surface area contributed by atoms with Crippen molar-refractivity contribution in [3.8, 4) is 11.4 Å². The molecule has 17 heavy (non-hydrogen) atoms. The molecule has 0 atom stereocenters. The first-order valence-corrected chi connectivity index (χ1v) is 5.84. The Balaban J connectivity index is 2.48. The molecule has 1 heterocycles. The molecule has 2 aromatic rings. The number of nitrogens with two attached hydrogens (primary N) is 1. The molecule has 2 N–H and O–H groups in total. The minimum absolute atomic E-state index is 0.235. The van der Waals surface area contributed by atoms with Crippen LogP contribution in [0, 0.1) is 0 Å². The van der Waals surface area contributed by atoms with Gasteiger partial charge in [-0.1, -0.05) is 30.7 Å². The minimum Gasteiger partial charge on any atom is -0.368 e. The van der Waals surface area contributed by atoms with Gasteiger partial charge in [0.2, 0.25) is 5.95 Å². The van der Waals surface area contributed by atoms with Gasteiger partial charge in [-0.25, -0.2) is 4.98 Å². The molecule has 1 aromatic heterocycles. The third-order valence-corrected chi connectivity index (χ3v) is 2.62. The van der Waals surface area contributed by atoms with Crippen LogP contribution < -0.4 is 5.73 Å². The highest BCUT2D eigenvalue weighted by atomic mass is 35.5. The molecule has 5 heteroatoms. The Bertz CT molecular complexity index is 528. The number of hydrogen-bond donors (Lipinski definition) is 1. The number of aryl methyl sites for hydroxylation is 1. The minimum atomic E-state index is 0.235. The Morgan fingerprint density at radius 1 is 1.18 bits per heavy atom. The molecule has 0 aliphatic heterocycles. The van der Waals surface area contributed by atoms with Gasteiger partial charge >= 0.3 is 0 Å². The van der Waals surface area contributed by atoms with Gasteiger partial charge in [-0.05, 0) is 18.6 Å². The summed E-state index contributed by atoms with van der Waals surface area (Å²) in [4.78, 5) is 12.6. The zero-order valence-electron chi connectivity index (χ0n) is 9.52. The second-order valence-electron chi connectivity index (χ2n) is 3.66. The maximum absolute atomic E-state index is 6.10. The number of hydrogen-bond acceptors (Lipinski definition) is 4. The second kappa shape index (κ2) is 5.10. The van der Waals surface area contributed by atoms with Gasteiger partial charge in [0, 0.05) is 12.0 Å². The average molecular weight is 249 g/mol. The Morgan fingerprint density at radius 2 is 1.94 bits per heavy atom. The third-order valence-electron chi connectivity index (χ3n) is 2.29. The Labute approximate surface area is 105 Å². The van der Waals surface area contributed by atoms with Gasteiger partial charge in [0.1, 0.15) is 5.82 Å². The molecule has 0 amide bonds. The predicted molar refractivity (Wildman–Crippen MR) is 68.7 cm³/mol. The number of benzene rings is 1. The monoisotopic (exact) mass is 248 g/mol. The molecular weight excluding hydrogens is 236 g/mol. The molecule has 0 unspecified atom stereocenters. The average Bonchev–Trinajstić information content (AvgIpc) is 2.29. The Morgan fingerprint density at radius 3 is 2.65 bits per heavy atom. The van der Waals surface area contributed by atoms with Crippen LogP contribution in [-0.4, -0.2) is 15.0 Å². The van der Waals surface area contributed by atoms with E-state index in [0.717, 1.165) is 18.4 Å². The number of nitrogen functional groups attached to an aromatic ring is 1. The number of anilines is 1. The molecule has 1 aromatic carbocycles. The highest BCUT2D eigenvalue weighted by Crippen LogP contribution is 2.24. The first-order valence-electron chi connectivity index (χ1n) is 5.46. The van der Waals surface area contributed by atoms with Gasteiger partial charge in [0.05, 0.1) is 5.02 Å². The summed E-state index contributed by atoms with van der Waals surface area (Å²) in [7, 11) is 0. The number of rotatable bonds is 3. The lowest BCUT2D eigenvalue weighted by atomic mass is 10.2. The van der Waals surface area contributed by atoms with Crippen LogP contribution in [0.15, 0.2) is 24.3 Å². The molecule has 0 spiro atoms. The molecule has 0 fully saturated rings. The van der Waals surface area contributed by atoms with Crippen LogP contribution in [0.1, 0.15) is 19.2 Å². The molecule has 4 nitrogen and oxygen atoms in total. The number of halogens is 1. The topological polar surface area (TPSA) is 64.7 Å². The molecule has 2 rings (SSSR count). The van der Waals surface area contributed by atoms with E-state index >= 15 is 0 Å². The van der Waals surface area contributed by atoms with Crippen molar-refractivity contribution in [1.82, 2.24) is 15.0 Å². The summed E-state index contributed by atoms with van der Waals surface area (Å²) in [6, 6.07) is 7.42. The van der Waals surface area contributed by atoms with E-state index in [9.17, 15) is 0 Å². The Kier molecular flexibility index (Phi) is 3.54. The highest BCUT2D eigenvalue weighted by Gasteiger charge is 2.09.